The summed E-state index contributed by atoms with van der Waals surface area (Å²) in [6.45, 7) is 2.07. The molecule has 1 aromatic heterocycles. The number of rotatable bonds is 1. The van der Waals surface area contributed by atoms with Crippen LogP contribution in [0.3, 0.4) is 0 Å². The van der Waals surface area contributed by atoms with E-state index in [0.717, 1.165) is 16.5 Å². The molecule has 1 heterocycles. The fourth-order valence-electron chi connectivity index (χ4n) is 1.27. The van der Waals surface area contributed by atoms with Crippen LogP contribution in [0.4, 0.5) is 4.39 Å². The number of hydrogen-bond acceptors (Lipinski definition) is 1. The number of halogens is 1. The van der Waals surface area contributed by atoms with Gasteiger partial charge in [0.25, 0.3) is 0 Å². The molecule has 0 radical (unpaired) electrons. The highest BCUT2D eigenvalue weighted by molar-refractivity contribution is 7.17. The topological polar surface area (TPSA) is 0 Å². The number of thiophene rings is 1. The summed E-state index contributed by atoms with van der Waals surface area (Å²) in [6, 6.07) is 5.97. The molecule has 0 bridgehead atoms. The molecule has 0 aliphatic carbocycles. The van der Waals surface area contributed by atoms with Crippen LogP contribution in [-0.2, 0) is 6.42 Å². The van der Waals surface area contributed by atoms with E-state index in [4.69, 9.17) is 0 Å². The van der Waals surface area contributed by atoms with Crippen molar-refractivity contribution >= 4 is 21.4 Å². The quantitative estimate of drug-likeness (QED) is 0.629. The molecule has 2 heteroatoms. The fraction of sp³-hybridized carbons (Fsp3) is 0.200. The van der Waals surface area contributed by atoms with Gasteiger partial charge < -0.3 is 0 Å². The summed E-state index contributed by atoms with van der Waals surface area (Å²) >= 11 is 1.46. The molecule has 0 amide bonds. The Morgan fingerprint density at radius 2 is 2.25 bits per heavy atom. The lowest BCUT2D eigenvalue weighted by Crippen LogP contribution is -1.78. The Balaban J connectivity index is 2.71. The smallest absolute Gasteiger partial charge is 0.141 e. The first-order valence-corrected chi connectivity index (χ1v) is 4.85. The van der Waals surface area contributed by atoms with E-state index in [2.05, 4.69) is 13.0 Å². The van der Waals surface area contributed by atoms with Crippen LogP contribution in [0.25, 0.3) is 10.1 Å². The van der Waals surface area contributed by atoms with E-state index >= 15 is 0 Å². The van der Waals surface area contributed by atoms with Crippen molar-refractivity contribution in [1.82, 2.24) is 0 Å². The Hall–Kier alpha value is -0.890. The van der Waals surface area contributed by atoms with E-state index < -0.39 is 0 Å². The van der Waals surface area contributed by atoms with E-state index in [9.17, 15) is 4.39 Å². The fourth-order valence-corrected chi connectivity index (χ4v) is 2.05. The Kier molecular flexibility index (Phi) is 1.85. The van der Waals surface area contributed by atoms with Crippen molar-refractivity contribution in [2.24, 2.45) is 0 Å². The molecular weight excluding hydrogens is 171 g/mol. The summed E-state index contributed by atoms with van der Waals surface area (Å²) in [5.74, 6) is -0.0923. The number of benzene rings is 1. The van der Waals surface area contributed by atoms with Gasteiger partial charge in [-0.05, 0) is 24.1 Å². The molecule has 0 saturated heterocycles. The van der Waals surface area contributed by atoms with Crippen molar-refractivity contribution in [3.05, 3.63) is 35.0 Å². The van der Waals surface area contributed by atoms with Crippen molar-refractivity contribution in [3.63, 3.8) is 0 Å². The van der Waals surface area contributed by atoms with Gasteiger partial charge in [0.05, 0.1) is 0 Å². The lowest BCUT2D eigenvalue weighted by Gasteiger charge is -1.95. The van der Waals surface area contributed by atoms with Gasteiger partial charge in [-0.1, -0.05) is 13.0 Å². The SMILES string of the molecule is CCc1ccc2scc(F)c2c1. The van der Waals surface area contributed by atoms with E-state index in [1.807, 2.05) is 12.1 Å². The molecule has 0 nitrogen and oxygen atoms in total. The molecule has 0 atom stereocenters. The minimum absolute atomic E-state index is 0.0923. The van der Waals surface area contributed by atoms with Gasteiger partial charge in [-0.25, -0.2) is 4.39 Å². The van der Waals surface area contributed by atoms with Crippen LogP contribution in [-0.4, -0.2) is 0 Å². The Morgan fingerprint density at radius 3 is 3.00 bits per heavy atom. The number of aryl methyl sites for hydroxylation is 1. The van der Waals surface area contributed by atoms with Crippen LogP contribution in [0.5, 0.6) is 0 Å². The Bertz CT molecular complexity index is 403. The lowest BCUT2D eigenvalue weighted by atomic mass is 10.1. The maximum atomic E-state index is 13.1. The summed E-state index contributed by atoms with van der Waals surface area (Å²) in [5.41, 5.74) is 1.19. The second kappa shape index (κ2) is 2.87. The third-order valence-electron chi connectivity index (χ3n) is 2.00. The first-order chi connectivity index (χ1) is 5.81. The van der Waals surface area contributed by atoms with Crippen molar-refractivity contribution in [3.8, 4) is 0 Å². The Morgan fingerprint density at radius 1 is 1.42 bits per heavy atom. The molecule has 62 valence electrons. The second-order valence-corrected chi connectivity index (χ2v) is 3.68. The Labute approximate surface area is 74.6 Å². The summed E-state index contributed by atoms with van der Waals surface area (Å²) in [5, 5.41) is 2.32. The predicted octanol–water partition coefficient (Wildman–Crippen LogP) is 3.60. The monoisotopic (exact) mass is 180 g/mol. The second-order valence-electron chi connectivity index (χ2n) is 2.77. The van der Waals surface area contributed by atoms with Crippen molar-refractivity contribution in [1.29, 1.82) is 0 Å². The summed E-state index contributed by atoms with van der Waals surface area (Å²) in [6.07, 6.45) is 0.964. The molecular formula is C10H9FS. The van der Waals surface area contributed by atoms with Crippen LogP contribution in [0.15, 0.2) is 23.6 Å². The normalized spacial score (nSPS) is 10.8. The molecule has 0 aliphatic heterocycles. The number of hydrogen-bond donors (Lipinski definition) is 0. The molecule has 0 unspecified atom stereocenters. The van der Waals surface area contributed by atoms with Crippen LogP contribution in [0.1, 0.15) is 12.5 Å². The van der Waals surface area contributed by atoms with Crippen LogP contribution in [0.2, 0.25) is 0 Å². The first-order valence-electron chi connectivity index (χ1n) is 3.97. The van der Waals surface area contributed by atoms with E-state index in [1.54, 1.807) is 5.38 Å². The zero-order valence-corrected chi connectivity index (χ0v) is 7.62. The maximum Gasteiger partial charge on any atom is 0.141 e. The van der Waals surface area contributed by atoms with E-state index in [0.29, 0.717) is 0 Å². The van der Waals surface area contributed by atoms with E-state index in [1.165, 1.54) is 16.9 Å². The molecule has 0 fully saturated rings. The highest BCUT2D eigenvalue weighted by Gasteiger charge is 2.02. The zero-order chi connectivity index (χ0) is 8.55. The molecule has 0 N–H and O–H groups in total. The highest BCUT2D eigenvalue weighted by atomic mass is 32.1. The van der Waals surface area contributed by atoms with Crippen molar-refractivity contribution in [2.45, 2.75) is 13.3 Å². The molecule has 0 spiro atoms. The average Bonchev–Trinajstić information content (AvgIpc) is 2.47. The highest BCUT2D eigenvalue weighted by Crippen LogP contribution is 2.25. The summed E-state index contributed by atoms with van der Waals surface area (Å²) in [7, 11) is 0. The van der Waals surface area contributed by atoms with Gasteiger partial charge in [0.15, 0.2) is 0 Å². The van der Waals surface area contributed by atoms with Gasteiger partial charge in [-0.3, -0.25) is 0 Å². The van der Waals surface area contributed by atoms with Crippen LogP contribution >= 0.6 is 11.3 Å². The minimum Gasteiger partial charge on any atom is -0.205 e. The largest absolute Gasteiger partial charge is 0.205 e. The predicted molar refractivity (Wildman–Crippen MR) is 51.2 cm³/mol. The summed E-state index contributed by atoms with van der Waals surface area (Å²) < 4.78 is 14.1. The van der Waals surface area contributed by atoms with Crippen LogP contribution < -0.4 is 0 Å². The van der Waals surface area contributed by atoms with Crippen LogP contribution in [0, 0.1) is 5.82 Å². The molecule has 1 aromatic carbocycles. The third-order valence-corrected chi connectivity index (χ3v) is 2.93. The van der Waals surface area contributed by atoms with E-state index in [-0.39, 0.29) is 5.82 Å². The van der Waals surface area contributed by atoms with Gasteiger partial charge in [0, 0.05) is 15.5 Å². The maximum absolute atomic E-state index is 13.1. The minimum atomic E-state index is -0.0923. The van der Waals surface area contributed by atoms with Gasteiger partial charge in [0.2, 0.25) is 0 Å². The third kappa shape index (κ3) is 1.12. The van der Waals surface area contributed by atoms with Gasteiger partial charge in [0.1, 0.15) is 5.82 Å². The van der Waals surface area contributed by atoms with Crippen molar-refractivity contribution in [2.75, 3.05) is 0 Å². The summed E-state index contributed by atoms with van der Waals surface area (Å²) in [4.78, 5) is 0. The molecule has 2 aromatic rings. The van der Waals surface area contributed by atoms with Gasteiger partial charge in [-0.2, -0.15) is 0 Å². The van der Waals surface area contributed by atoms with Gasteiger partial charge >= 0.3 is 0 Å². The number of fused-ring (bicyclic) bond motifs is 1. The molecule has 0 saturated carbocycles. The molecule has 12 heavy (non-hydrogen) atoms. The van der Waals surface area contributed by atoms with Crippen molar-refractivity contribution < 1.29 is 4.39 Å². The standard InChI is InChI=1S/C10H9FS/c1-2-7-3-4-10-8(5-7)9(11)6-12-10/h3-6H,2H2,1H3. The first kappa shape index (κ1) is 7.74. The average molecular weight is 180 g/mol. The zero-order valence-electron chi connectivity index (χ0n) is 6.80. The van der Waals surface area contributed by atoms with Gasteiger partial charge in [-0.15, -0.1) is 11.3 Å². The lowest BCUT2D eigenvalue weighted by molar-refractivity contribution is 0.644. The molecule has 2 rings (SSSR count). The molecule has 0 aliphatic rings.